The molecule has 2 atom stereocenters. The Bertz CT molecular complexity index is 935. The average molecular weight is 432 g/mol. The molecule has 30 heavy (non-hydrogen) atoms. The molecule has 0 unspecified atom stereocenters. The van der Waals surface area contributed by atoms with Crippen LogP contribution in [0.15, 0.2) is 61.2 Å². The summed E-state index contributed by atoms with van der Waals surface area (Å²) < 4.78 is 41.5. The molecule has 2 heterocycles. The zero-order valence-corrected chi connectivity index (χ0v) is 17.3. The van der Waals surface area contributed by atoms with Gasteiger partial charge in [0.2, 0.25) is 0 Å². The van der Waals surface area contributed by atoms with E-state index in [2.05, 4.69) is 10.1 Å². The van der Waals surface area contributed by atoms with E-state index in [0.717, 1.165) is 11.6 Å². The molecule has 2 aromatic carbocycles. The lowest BCUT2D eigenvalue weighted by Gasteiger charge is -2.33. The largest absolute Gasteiger partial charge is 0.347 e. The molecule has 3 aromatic rings. The van der Waals surface area contributed by atoms with Crippen molar-refractivity contribution in [1.82, 2.24) is 14.8 Å². The van der Waals surface area contributed by atoms with Crippen LogP contribution < -0.4 is 0 Å². The van der Waals surface area contributed by atoms with E-state index in [9.17, 15) is 8.78 Å². The van der Waals surface area contributed by atoms with Crippen LogP contribution in [0.5, 0.6) is 0 Å². The molecule has 0 aliphatic carbocycles. The van der Waals surface area contributed by atoms with Gasteiger partial charge in [0.05, 0.1) is 25.0 Å². The van der Waals surface area contributed by atoms with Gasteiger partial charge in [0.15, 0.2) is 6.29 Å². The van der Waals surface area contributed by atoms with Crippen LogP contribution in [0.3, 0.4) is 0 Å². The van der Waals surface area contributed by atoms with Crippen molar-refractivity contribution in [2.45, 2.75) is 36.2 Å². The lowest BCUT2D eigenvalue weighted by Crippen LogP contribution is -2.32. The quantitative estimate of drug-likeness (QED) is 0.548. The molecule has 5 nitrogen and oxygen atoms in total. The number of rotatable bonds is 7. The van der Waals surface area contributed by atoms with Gasteiger partial charge in [0.25, 0.3) is 0 Å². The Kier molecular flexibility index (Phi) is 6.76. The zero-order valence-electron chi connectivity index (χ0n) is 16.5. The summed E-state index contributed by atoms with van der Waals surface area (Å²) in [7, 11) is 0. The molecule has 0 amide bonds. The van der Waals surface area contributed by atoms with Crippen LogP contribution >= 0.6 is 11.8 Å². The second-order valence-electron chi connectivity index (χ2n) is 7.26. The average Bonchev–Trinajstić information content (AvgIpc) is 3.27. The number of hydrogen-bond acceptors (Lipinski definition) is 5. The van der Waals surface area contributed by atoms with Gasteiger partial charge < -0.3 is 9.47 Å². The first-order chi connectivity index (χ1) is 14.6. The van der Waals surface area contributed by atoms with Crippen LogP contribution in [0.25, 0.3) is 0 Å². The fraction of sp³-hybridized carbons (Fsp3) is 0.364. The normalized spacial score (nSPS) is 21.3. The fourth-order valence-corrected chi connectivity index (χ4v) is 4.94. The first-order valence-electron chi connectivity index (χ1n) is 9.81. The standard InChI is InChI=1S/C22H23F2N3O2S/c1-15(30-18-11-28-22(29-12-18)16-5-3-2-4-6-16)20(10-27-14-25-13-26-27)19-8-7-17(23)9-21(19)24/h2-9,13-15,18,20,22H,10-12H2,1H3/t15-,18?,20+,22?/m1/s1. The molecule has 0 bridgehead atoms. The molecule has 0 saturated carbocycles. The van der Waals surface area contributed by atoms with Gasteiger partial charge in [-0.15, -0.1) is 11.8 Å². The van der Waals surface area contributed by atoms with Crippen molar-refractivity contribution in [3.63, 3.8) is 0 Å². The Balaban J connectivity index is 1.43. The van der Waals surface area contributed by atoms with Crippen LogP contribution in [-0.4, -0.2) is 38.5 Å². The number of nitrogens with zero attached hydrogens (tertiary/aromatic N) is 3. The maximum atomic E-state index is 14.6. The molecule has 1 aliphatic heterocycles. The number of ether oxygens (including phenoxy) is 2. The Labute approximate surface area is 178 Å². The van der Waals surface area contributed by atoms with Gasteiger partial charge >= 0.3 is 0 Å². The maximum absolute atomic E-state index is 14.6. The van der Waals surface area contributed by atoms with Crippen molar-refractivity contribution >= 4 is 11.8 Å². The summed E-state index contributed by atoms with van der Waals surface area (Å²) in [5.41, 5.74) is 1.46. The molecule has 8 heteroatoms. The first-order valence-corrected chi connectivity index (χ1v) is 10.8. The number of benzene rings is 2. The zero-order chi connectivity index (χ0) is 20.9. The fourth-order valence-electron chi connectivity index (χ4n) is 3.60. The minimum atomic E-state index is -0.586. The van der Waals surface area contributed by atoms with Crippen LogP contribution in [0.2, 0.25) is 0 Å². The Morgan fingerprint density at radius 3 is 2.57 bits per heavy atom. The summed E-state index contributed by atoms with van der Waals surface area (Å²) in [6, 6.07) is 13.6. The Morgan fingerprint density at radius 1 is 1.13 bits per heavy atom. The summed E-state index contributed by atoms with van der Waals surface area (Å²) in [4.78, 5) is 3.97. The second-order valence-corrected chi connectivity index (χ2v) is 8.94. The number of hydrogen-bond donors (Lipinski definition) is 0. The van der Waals surface area contributed by atoms with Crippen molar-refractivity contribution in [2.75, 3.05) is 13.2 Å². The number of thioether (sulfide) groups is 1. The van der Waals surface area contributed by atoms with Crippen molar-refractivity contribution in [2.24, 2.45) is 0 Å². The van der Waals surface area contributed by atoms with Crippen LogP contribution in [-0.2, 0) is 16.0 Å². The summed E-state index contributed by atoms with van der Waals surface area (Å²) in [5, 5.41) is 4.28. The SMILES string of the molecule is C[C@@H](SC1COC(c2ccccc2)OC1)[C@H](Cn1cncn1)c1ccc(F)cc1F. The van der Waals surface area contributed by atoms with E-state index in [1.54, 1.807) is 22.8 Å². The maximum Gasteiger partial charge on any atom is 0.183 e. The Morgan fingerprint density at radius 2 is 1.90 bits per heavy atom. The number of aromatic nitrogens is 3. The molecule has 1 saturated heterocycles. The molecular weight excluding hydrogens is 408 g/mol. The van der Waals surface area contributed by atoms with E-state index in [1.807, 2.05) is 37.3 Å². The minimum absolute atomic E-state index is 0.0136. The predicted molar refractivity (Wildman–Crippen MR) is 111 cm³/mol. The van der Waals surface area contributed by atoms with E-state index in [0.29, 0.717) is 25.3 Å². The van der Waals surface area contributed by atoms with E-state index in [-0.39, 0.29) is 22.7 Å². The molecule has 0 radical (unpaired) electrons. The molecule has 158 valence electrons. The summed E-state index contributed by atoms with van der Waals surface area (Å²) in [6.07, 6.45) is 2.68. The predicted octanol–water partition coefficient (Wildman–Crippen LogP) is 4.58. The van der Waals surface area contributed by atoms with Crippen molar-refractivity contribution in [3.8, 4) is 0 Å². The minimum Gasteiger partial charge on any atom is -0.347 e. The lowest BCUT2D eigenvalue weighted by molar-refractivity contribution is -0.179. The van der Waals surface area contributed by atoms with Crippen molar-refractivity contribution in [3.05, 3.63) is 83.9 Å². The summed E-state index contributed by atoms with van der Waals surface area (Å²) in [5.74, 6) is -1.35. The summed E-state index contributed by atoms with van der Waals surface area (Å²) >= 11 is 1.68. The third-order valence-electron chi connectivity index (χ3n) is 5.12. The second kappa shape index (κ2) is 9.68. The van der Waals surface area contributed by atoms with Crippen molar-refractivity contribution in [1.29, 1.82) is 0 Å². The van der Waals surface area contributed by atoms with Crippen molar-refractivity contribution < 1.29 is 18.3 Å². The molecule has 1 aliphatic rings. The van der Waals surface area contributed by atoms with E-state index < -0.39 is 11.6 Å². The molecule has 4 rings (SSSR count). The van der Waals surface area contributed by atoms with E-state index in [1.165, 1.54) is 18.5 Å². The number of halogens is 2. The van der Waals surface area contributed by atoms with Gasteiger partial charge in [0.1, 0.15) is 24.3 Å². The van der Waals surface area contributed by atoms with Crippen LogP contribution in [0.4, 0.5) is 8.78 Å². The molecule has 0 spiro atoms. The molecule has 0 N–H and O–H groups in total. The highest BCUT2D eigenvalue weighted by Crippen LogP contribution is 2.36. The molecule has 1 aromatic heterocycles. The smallest absolute Gasteiger partial charge is 0.183 e. The summed E-state index contributed by atoms with van der Waals surface area (Å²) in [6.45, 7) is 3.56. The highest BCUT2D eigenvalue weighted by Gasteiger charge is 2.30. The van der Waals surface area contributed by atoms with Gasteiger partial charge in [-0.25, -0.2) is 13.8 Å². The van der Waals surface area contributed by atoms with Gasteiger partial charge in [-0.1, -0.05) is 43.3 Å². The topological polar surface area (TPSA) is 49.2 Å². The first kappa shape index (κ1) is 21.0. The highest BCUT2D eigenvalue weighted by molar-refractivity contribution is 8.00. The molecule has 1 fully saturated rings. The van der Waals surface area contributed by atoms with Gasteiger partial charge in [-0.2, -0.15) is 5.10 Å². The van der Waals surface area contributed by atoms with E-state index in [4.69, 9.17) is 9.47 Å². The van der Waals surface area contributed by atoms with E-state index >= 15 is 0 Å². The third kappa shape index (κ3) is 5.06. The Hall–Kier alpha value is -2.29. The van der Waals surface area contributed by atoms with Gasteiger partial charge in [-0.3, -0.25) is 4.68 Å². The highest BCUT2D eigenvalue weighted by atomic mass is 32.2. The molecular formula is C22H23F2N3O2S. The monoisotopic (exact) mass is 431 g/mol. The van der Waals surface area contributed by atoms with Crippen LogP contribution in [0, 0.1) is 11.6 Å². The van der Waals surface area contributed by atoms with Crippen LogP contribution in [0.1, 0.15) is 30.3 Å². The van der Waals surface area contributed by atoms with Gasteiger partial charge in [-0.05, 0) is 11.6 Å². The lowest BCUT2D eigenvalue weighted by atomic mass is 9.95. The van der Waals surface area contributed by atoms with Gasteiger partial charge in [0, 0.05) is 22.8 Å². The third-order valence-corrected chi connectivity index (χ3v) is 6.54.